The maximum absolute atomic E-state index is 11.4. The number of hydrogen-bond donors (Lipinski definition) is 3. The Bertz CT molecular complexity index is 252. The molecule has 0 saturated heterocycles. The van der Waals surface area contributed by atoms with Crippen molar-refractivity contribution in [1.82, 2.24) is 9.44 Å². The molecule has 0 aliphatic rings. The Balaban J connectivity index is 4.15. The van der Waals surface area contributed by atoms with Gasteiger partial charge in [0.25, 0.3) is 10.2 Å². The van der Waals surface area contributed by atoms with Gasteiger partial charge < -0.3 is 5.11 Å². The second-order valence-electron chi connectivity index (χ2n) is 4.02. The summed E-state index contributed by atoms with van der Waals surface area (Å²) in [5.74, 6) is 0.344. The molecule has 92 valence electrons. The molecule has 0 aromatic rings. The molecule has 0 rings (SSSR count). The van der Waals surface area contributed by atoms with Gasteiger partial charge >= 0.3 is 0 Å². The van der Waals surface area contributed by atoms with E-state index in [1.165, 1.54) is 0 Å². The van der Waals surface area contributed by atoms with Crippen molar-refractivity contribution in [2.75, 3.05) is 13.2 Å². The van der Waals surface area contributed by atoms with Gasteiger partial charge in [0, 0.05) is 12.6 Å². The van der Waals surface area contributed by atoms with Gasteiger partial charge in [-0.3, -0.25) is 0 Å². The van der Waals surface area contributed by atoms with Crippen LogP contribution in [0.2, 0.25) is 0 Å². The van der Waals surface area contributed by atoms with Gasteiger partial charge in [-0.1, -0.05) is 20.8 Å². The largest absolute Gasteiger partial charge is 0.395 e. The fourth-order valence-electron chi connectivity index (χ4n) is 1.23. The van der Waals surface area contributed by atoms with Crippen LogP contribution in [0.4, 0.5) is 0 Å². The van der Waals surface area contributed by atoms with Crippen molar-refractivity contribution in [3.63, 3.8) is 0 Å². The summed E-state index contributed by atoms with van der Waals surface area (Å²) in [5, 5.41) is 9.01. The molecule has 0 spiro atoms. The number of aliphatic hydroxyl groups excluding tert-OH is 1. The number of aliphatic hydroxyl groups is 1. The molecule has 0 aromatic heterocycles. The average molecular weight is 238 g/mol. The first-order valence-electron chi connectivity index (χ1n) is 5.29. The topological polar surface area (TPSA) is 78.4 Å². The summed E-state index contributed by atoms with van der Waals surface area (Å²) in [4.78, 5) is 0. The summed E-state index contributed by atoms with van der Waals surface area (Å²) in [6.45, 7) is 6.09. The van der Waals surface area contributed by atoms with Crippen molar-refractivity contribution in [2.24, 2.45) is 5.92 Å². The molecule has 0 amide bonds. The number of hydrogen-bond acceptors (Lipinski definition) is 3. The second-order valence-corrected chi connectivity index (χ2v) is 5.56. The molecule has 0 fully saturated rings. The monoisotopic (exact) mass is 238 g/mol. The first kappa shape index (κ1) is 14.8. The van der Waals surface area contributed by atoms with Crippen LogP contribution in [0.15, 0.2) is 0 Å². The maximum Gasteiger partial charge on any atom is 0.277 e. The molecule has 1 atom stereocenters. The molecule has 5 nitrogen and oxygen atoms in total. The third kappa shape index (κ3) is 7.72. The van der Waals surface area contributed by atoms with Gasteiger partial charge in [-0.15, -0.1) is 0 Å². The van der Waals surface area contributed by atoms with Crippen LogP contribution in [0, 0.1) is 5.92 Å². The normalized spacial score (nSPS) is 14.5. The van der Waals surface area contributed by atoms with E-state index >= 15 is 0 Å². The highest BCUT2D eigenvalue weighted by Crippen LogP contribution is 2.04. The van der Waals surface area contributed by atoms with Crippen LogP contribution < -0.4 is 9.44 Å². The van der Waals surface area contributed by atoms with E-state index in [1.807, 2.05) is 20.8 Å². The molecular weight excluding hydrogens is 216 g/mol. The van der Waals surface area contributed by atoms with Gasteiger partial charge in [0.2, 0.25) is 0 Å². The van der Waals surface area contributed by atoms with Crippen molar-refractivity contribution < 1.29 is 13.5 Å². The van der Waals surface area contributed by atoms with Gasteiger partial charge in [0.15, 0.2) is 0 Å². The minimum atomic E-state index is -3.46. The lowest BCUT2D eigenvalue weighted by molar-refractivity contribution is 0.239. The van der Waals surface area contributed by atoms with E-state index in [-0.39, 0.29) is 6.61 Å². The molecule has 0 aliphatic carbocycles. The second kappa shape index (κ2) is 7.16. The molecule has 0 heterocycles. The lowest BCUT2D eigenvalue weighted by Gasteiger charge is -2.18. The van der Waals surface area contributed by atoms with Crippen molar-refractivity contribution in [1.29, 1.82) is 0 Å². The van der Waals surface area contributed by atoms with Crippen LogP contribution in [-0.2, 0) is 10.2 Å². The van der Waals surface area contributed by atoms with Gasteiger partial charge in [0.05, 0.1) is 6.61 Å². The molecule has 1 unspecified atom stereocenters. The van der Waals surface area contributed by atoms with Crippen LogP contribution in [-0.4, -0.2) is 32.7 Å². The van der Waals surface area contributed by atoms with E-state index in [0.717, 1.165) is 6.42 Å². The Kier molecular flexibility index (Phi) is 7.08. The molecule has 3 N–H and O–H groups in total. The number of rotatable bonds is 8. The van der Waals surface area contributed by atoms with Gasteiger partial charge in [-0.25, -0.2) is 4.72 Å². The predicted molar refractivity (Wildman–Crippen MR) is 60.7 cm³/mol. The zero-order valence-electron chi connectivity index (χ0n) is 9.66. The Morgan fingerprint density at radius 1 is 1.33 bits per heavy atom. The minimum absolute atomic E-state index is 0.175. The molecule has 0 saturated carbocycles. The third-order valence-corrected chi connectivity index (χ3v) is 3.07. The van der Waals surface area contributed by atoms with E-state index in [1.54, 1.807) is 0 Å². The van der Waals surface area contributed by atoms with Crippen molar-refractivity contribution in [3.05, 3.63) is 0 Å². The standard InChI is InChI=1S/C9H22N2O3S/c1-4-5-10-15(13,14)11-9(7-12)6-8(2)3/h8-12H,4-7H2,1-3H3. The lowest BCUT2D eigenvalue weighted by atomic mass is 10.1. The first-order chi connectivity index (χ1) is 6.91. The summed E-state index contributed by atoms with van der Waals surface area (Å²) in [6, 6.07) is -0.403. The molecule has 0 aromatic carbocycles. The van der Waals surface area contributed by atoms with Crippen molar-refractivity contribution in [2.45, 2.75) is 39.7 Å². The molecule has 0 aliphatic heterocycles. The molecule has 0 bridgehead atoms. The molecule has 0 radical (unpaired) electrons. The highest BCUT2D eigenvalue weighted by Gasteiger charge is 2.17. The fourth-order valence-corrected chi connectivity index (χ4v) is 2.39. The van der Waals surface area contributed by atoms with Crippen LogP contribution in [0.3, 0.4) is 0 Å². The predicted octanol–water partition coefficient (Wildman–Crippen LogP) is 0.227. The quantitative estimate of drug-likeness (QED) is 0.566. The van der Waals surface area contributed by atoms with E-state index in [2.05, 4.69) is 9.44 Å². The first-order valence-corrected chi connectivity index (χ1v) is 6.77. The Morgan fingerprint density at radius 2 is 1.93 bits per heavy atom. The Hall–Kier alpha value is -0.170. The highest BCUT2D eigenvalue weighted by molar-refractivity contribution is 7.87. The summed E-state index contributed by atoms with van der Waals surface area (Å²) in [6.07, 6.45) is 1.37. The van der Waals surface area contributed by atoms with Crippen molar-refractivity contribution in [3.8, 4) is 0 Å². The van der Waals surface area contributed by atoms with Crippen LogP contribution >= 0.6 is 0 Å². The summed E-state index contributed by atoms with van der Waals surface area (Å²) < 4.78 is 27.6. The third-order valence-electron chi connectivity index (χ3n) is 1.84. The van der Waals surface area contributed by atoms with E-state index in [0.29, 0.717) is 18.9 Å². The van der Waals surface area contributed by atoms with Crippen LogP contribution in [0.5, 0.6) is 0 Å². The zero-order valence-corrected chi connectivity index (χ0v) is 10.5. The lowest BCUT2D eigenvalue weighted by Crippen LogP contribution is -2.45. The van der Waals surface area contributed by atoms with Crippen LogP contribution in [0.1, 0.15) is 33.6 Å². The molecule has 15 heavy (non-hydrogen) atoms. The van der Waals surface area contributed by atoms with Gasteiger partial charge in [0.1, 0.15) is 0 Å². The van der Waals surface area contributed by atoms with E-state index in [9.17, 15) is 8.42 Å². The number of nitrogens with one attached hydrogen (secondary N) is 2. The van der Waals surface area contributed by atoms with Gasteiger partial charge in [-0.2, -0.15) is 13.1 Å². The van der Waals surface area contributed by atoms with Crippen molar-refractivity contribution >= 4 is 10.2 Å². The fraction of sp³-hybridized carbons (Fsp3) is 1.00. The van der Waals surface area contributed by atoms with Gasteiger partial charge in [-0.05, 0) is 18.8 Å². The summed E-state index contributed by atoms with van der Waals surface area (Å²) in [7, 11) is -3.46. The maximum atomic E-state index is 11.4. The molecule has 6 heteroatoms. The zero-order chi connectivity index (χ0) is 11.9. The summed E-state index contributed by atoms with van der Waals surface area (Å²) >= 11 is 0. The highest BCUT2D eigenvalue weighted by atomic mass is 32.2. The SMILES string of the molecule is CCCNS(=O)(=O)NC(CO)CC(C)C. The van der Waals surface area contributed by atoms with Crippen LogP contribution in [0.25, 0.3) is 0 Å². The minimum Gasteiger partial charge on any atom is -0.395 e. The smallest absolute Gasteiger partial charge is 0.277 e. The molecular formula is C9H22N2O3S. The van der Waals surface area contributed by atoms with E-state index in [4.69, 9.17) is 5.11 Å². The average Bonchev–Trinajstić information content (AvgIpc) is 2.12. The Labute approximate surface area is 92.4 Å². The Morgan fingerprint density at radius 3 is 2.33 bits per heavy atom. The van der Waals surface area contributed by atoms with E-state index < -0.39 is 16.3 Å². The summed E-state index contributed by atoms with van der Waals surface area (Å²) in [5.41, 5.74) is 0.